The molecule has 3 rings (SSSR count). The monoisotopic (exact) mass is 529 g/mol. The van der Waals surface area contributed by atoms with Crippen LogP contribution in [-0.4, -0.2) is 35.6 Å². The van der Waals surface area contributed by atoms with Gasteiger partial charge in [0.25, 0.3) is 10.5 Å². The molecule has 2 aromatic carbocycles. The summed E-state index contributed by atoms with van der Waals surface area (Å²) in [4.78, 5) is 22.6. The summed E-state index contributed by atoms with van der Waals surface area (Å²) in [6, 6.07) is 16.3. The minimum atomic E-state index is -3.34. The number of oxazole rings is 1. The van der Waals surface area contributed by atoms with Crippen molar-refractivity contribution in [2.24, 2.45) is 11.5 Å². The number of nitrogens with zero attached hydrogens (tertiary/aromatic N) is 1. The van der Waals surface area contributed by atoms with E-state index in [2.05, 4.69) is 48.3 Å². The van der Waals surface area contributed by atoms with Crippen LogP contribution in [0.15, 0.2) is 83.0 Å². The van der Waals surface area contributed by atoms with E-state index in [1.165, 1.54) is 12.6 Å². The van der Waals surface area contributed by atoms with Crippen LogP contribution in [0.2, 0.25) is 0 Å². The number of carbonyl (C=O) groups is 2. The molecule has 3 aromatic rings. The molecule has 2 amide bonds. The van der Waals surface area contributed by atoms with Crippen LogP contribution in [0.25, 0.3) is 22.6 Å². The van der Waals surface area contributed by atoms with Gasteiger partial charge in [-0.3, -0.25) is 9.59 Å². The number of hydrogen-bond acceptors (Lipinski definition) is 6. The number of thiol groups is 2. The minimum absolute atomic E-state index is 0. The van der Waals surface area contributed by atoms with E-state index in [4.69, 9.17) is 14.0 Å². The van der Waals surface area contributed by atoms with Crippen molar-refractivity contribution in [3.63, 3.8) is 0 Å². The maximum absolute atomic E-state index is 11.9. The Bertz CT molecular complexity index is 1100. The van der Waals surface area contributed by atoms with Gasteiger partial charge in [-0.25, -0.2) is 13.4 Å². The Labute approximate surface area is 211 Å². The molecule has 0 saturated carbocycles. The zero-order valence-electron chi connectivity index (χ0n) is 18.0. The SMILES string of the molecule is C.C=CC.CS(=O)(=O)c1ccccc1-c1ncoc1-c1ccccc1.NC(=O)S.NC(=O)S.O. The highest BCUT2D eigenvalue weighted by Gasteiger charge is 2.20. The van der Waals surface area contributed by atoms with Gasteiger partial charge in [0, 0.05) is 17.4 Å². The van der Waals surface area contributed by atoms with Gasteiger partial charge in [-0.05, 0) is 13.0 Å². The Morgan fingerprint density at radius 2 is 1.41 bits per heavy atom. The first-order chi connectivity index (χ1) is 14.9. The van der Waals surface area contributed by atoms with Crippen molar-refractivity contribution in [3.05, 3.63) is 73.6 Å². The van der Waals surface area contributed by atoms with Gasteiger partial charge < -0.3 is 21.4 Å². The second kappa shape index (κ2) is 18.4. The Morgan fingerprint density at radius 3 is 1.85 bits per heavy atom. The zero-order chi connectivity index (χ0) is 24.7. The molecule has 0 saturated heterocycles. The Hall–Kier alpha value is -3.06. The molecule has 0 radical (unpaired) electrons. The van der Waals surface area contributed by atoms with E-state index in [1.54, 1.807) is 30.3 Å². The largest absolute Gasteiger partial charge is 0.443 e. The molecule has 0 bridgehead atoms. The molecule has 1 heterocycles. The van der Waals surface area contributed by atoms with Crippen molar-refractivity contribution in [3.8, 4) is 22.6 Å². The first-order valence-electron chi connectivity index (χ1n) is 8.77. The van der Waals surface area contributed by atoms with Crippen LogP contribution in [0.3, 0.4) is 0 Å². The number of primary amides is 2. The highest BCUT2D eigenvalue weighted by atomic mass is 32.2. The summed E-state index contributed by atoms with van der Waals surface area (Å²) in [5, 5.41) is -1.28. The topological polar surface area (TPSA) is 178 Å². The first-order valence-corrected chi connectivity index (χ1v) is 11.6. The van der Waals surface area contributed by atoms with Gasteiger partial charge in [0.05, 0.1) is 4.90 Å². The van der Waals surface area contributed by atoms with Crippen LogP contribution in [0, 0.1) is 0 Å². The predicted octanol–water partition coefficient (Wildman–Crippen LogP) is 4.41. The van der Waals surface area contributed by atoms with E-state index in [0.717, 1.165) is 5.56 Å². The molecule has 0 spiro atoms. The number of amides is 2. The van der Waals surface area contributed by atoms with E-state index < -0.39 is 20.3 Å². The average Bonchev–Trinajstić information content (AvgIpc) is 3.17. The minimum Gasteiger partial charge on any atom is -0.443 e. The van der Waals surface area contributed by atoms with Gasteiger partial charge in [-0.1, -0.05) is 87.3 Å². The maximum atomic E-state index is 11.9. The molecule has 0 aliphatic heterocycles. The molecule has 0 fully saturated rings. The molecule has 0 unspecified atom stereocenters. The molecular formula is C22H31N3O6S3. The van der Waals surface area contributed by atoms with E-state index in [0.29, 0.717) is 17.0 Å². The fraction of sp³-hybridized carbons (Fsp3) is 0.136. The summed E-state index contributed by atoms with van der Waals surface area (Å²) in [6.45, 7) is 5.25. The Balaban J connectivity index is -0.000000630. The normalized spacial score (nSPS) is 8.94. The Morgan fingerprint density at radius 1 is 1.00 bits per heavy atom. The van der Waals surface area contributed by atoms with Crippen molar-refractivity contribution in [2.75, 3.05) is 6.26 Å². The van der Waals surface area contributed by atoms with Crippen LogP contribution in [0.5, 0.6) is 0 Å². The second-order valence-corrected chi connectivity index (χ2v) is 8.61. The zero-order valence-corrected chi connectivity index (χ0v) is 20.6. The number of sulfone groups is 1. The number of aromatic nitrogens is 1. The number of nitrogens with two attached hydrogens (primary N) is 2. The lowest BCUT2D eigenvalue weighted by Gasteiger charge is -2.07. The van der Waals surface area contributed by atoms with Crippen LogP contribution < -0.4 is 11.5 Å². The van der Waals surface area contributed by atoms with E-state index in [-0.39, 0.29) is 17.8 Å². The summed E-state index contributed by atoms with van der Waals surface area (Å²) in [7, 11) is -3.34. The number of rotatable bonds is 3. The van der Waals surface area contributed by atoms with Gasteiger partial charge in [-0.15, -0.1) is 6.58 Å². The summed E-state index contributed by atoms with van der Waals surface area (Å²) in [5.74, 6) is 0.562. The van der Waals surface area contributed by atoms with Gasteiger partial charge in [-0.2, -0.15) is 0 Å². The summed E-state index contributed by atoms with van der Waals surface area (Å²) < 4.78 is 29.3. The van der Waals surface area contributed by atoms with Crippen molar-refractivity contribution in [1.82, 2.24) is 4.98 Å². The number of hydrogen-bond donors (Lipinski definition) is 4. The second-order valence-electron chi connectivity index (χ2n) is 5.75. The van der Waals surface area contributed by atoms with E-state index in [9.17, 15) is 8.42 Å². The van der Waals surface area contributed by atoms with Crippen LogP contribution in [0.1, 0.15) is 14.4 Å². The Kier molecular flexibility index (Phi) is 19.2. The summed E-state index contributed by atoms with van der Waals surface area (Å²) in [5.41, 5.74) is 10.6. The molecular weight excluding hydrogens is 498 g/mol. The van der Waals surface area contributed by atoms with E-state index >= 15 is 0 Å². The quantitative estimate of drug-likeness (QED) is 0.288. The molecule has 1 aromatic heterocycles. The van der Waals surface area contributed by atoms with Gasteiger partial charge in [0.2, 0.25) is 0 Å². The summed E-state index contributed by atoms with van der Waals surface area (Å²) >= 11 is 6.21. The molecule has 34 heavy (non-hydrogen) atoms. The number of carbonyl (C=O) groups excluding carboxylic acids is 2. The third kappa shape index (κ3) is 14.2. The fourth-order valence-electron chi connectivity index (χ4n) is 2.22. The van der Waals surface area contributed by atoms with Gasteiger partial charge in [0.1, 0.15) is 5.69 Å². The lowest BCUT2D eigenvalue weighted by molar-refractivity contribution is 0.266. The van der Waals surface area contributed by atoms with Gasteiger partial charge >= 0.3 is 0 Å². The van der Waals surface area contributed by atoms with Crippen molar-refractivity contribution >= 4 is 45.6 Å². The van der Waals surface area contributed by atoms with E-state index in [1.807, 2.05) is 37.3 Å². The predicted molar refractivity (Wildman–Crippen MR) is 144 cm³/mol. The molecule has 6 N–H and O–H groups in total. The molecule has 0 aliphatic rings. The van der Waals surface area contributed by atoms with Crippen LogP contribution >= 0.6 is 25.3 Å². The molecule has 0 aliphatic carbocycles. The highest BCUT2D eigenvalue weighted by molar-refractivity contribution is 7.96. The van der Waals surface area contributed by atoms with Crippen molar-refractivity contribution in [1.29, 1.82) is 0 Å². The van der Waals surface area contributed by atoms with Gasteiger partial charge in [0.15, 0.2) is 22.0 Å². The lowest BCUT2D eigenvalue weighted by Crippen LogP contribution is -2.00. The fourth-order valence-corrected chi connectivity index (χ4v) is 3.11. The maximum Gasteiger partial charge on any atom is 0.273 e. The lowest BCUT2D eigenvalue weighted by atomic mass is 10.1. The first kappa shape index (κ1) is 35.5. The third-order valence-corrected chi connectivity index (χ3v) is 4.30. The third-order valence-electron chi connectivity index (χ3n) is 3.15. The molecule has 0 atom stereocenters. The van der Waals surface area contributed by atoms with Crippen molar-refractivity contribution < 1.29 is 27.9 Å². The summed E-state index contributed by atoms with van der Waals surface area (Å²) in [6.07, 6.45) is 4.27. The molecule has 9 nitrogen and oxygen atoms in total. The smallest absolute Gasteiger partial charge is 0.273 e. The average molecular weight is 530 g/mol. The number of allylic oxidation sites excluding steroid dienone is 1. The number of benzene rings is 2. The highest BCUT2D eigenvalue weighted by Crippen LogP contribution is 2.34. The van der Waals surface area contributed by atoms with Crippen LogP contribution in [-0.2, 0) is 9.84 Å². The van der Waals surface area contributed by atoms with Crippen molar-refractivity contribution in [2.45, 2.75) is 19.2 Å². The molecule has 12 heteroatoms. The van der Waals surface area contributed by atoms with Crippen LogP contribution in [0.4, 0.5) is 9.59 Å². The molecule has 188 valence electrons. The standard InChI is InChI=1S/C16H13NO3S.C3H6.2CH3NOS.CH4.H2O/c1-21(18,19)14-10-6-5-9-13(14)15-16(20-11-17-15)12-7-3-2-4-8-12;1-3-2;2*2-1(3)4;;/h2-11H,1H3;3H,1H2,2H3;2*(H3,2,3,4);1H4;1H2.